The molecule has 2 N–H and O–H groups in total. The molecule has 2 aromatic heterocycles. The second-order valence-electron chi connectivity index (χ2n) is 9.73. The van der Waals surface area contributed by atoms with Crippen LogP contribution in [-0.2, 0) is 10.2 Å². The Kier molecular flexibility index (Phi) is 5.66. The van der Waals surface area contributed by atoms with E-state index in [0.717, 1.165) is 10.7 Å². The highest BCUT2D eigenvalue weighted by atomic mass is 32.2. The number of aromatic nitrogens is 3. The molecule has 0 radical (unpaired) electrons. The molecule has 2 aromatic rings. The number of pyridine rings is 1. The highest BCUT2D eigenvalue weighted by Gasteiger charge is 2.51. The van der Waals surface area contributed by atoms with Gasteiger partial charge in [0, 0.05) is 36.8 Å². The van der Waals surface area contributed by atoms with Crippen molar-refractivity contribution in [3.05, 3.63) is 28.7 Å². The first-order valence-corrected chi connectivity index (χ1v) is 12.9. The van der Waals surface area contributed by atoms with Gasteiger partial charge < -0.3 is 10.4 Å². The average molecular weight is 499 g/mol. The summed E-state index contributed by atoms with van der Waals surface area (Å²) in [6.07, 6.45) is 4.64. The van der Waals surface area contributed by atoms with Gasteiger partial charge in [-0.15, -0.1) is 0 Å². The standard InChI is InChI=1S/C21H28F2N6O4S/c1-20(31)8-2-3-16(20)29-17(30)5-4-14-11-24-19(26-18(14)29)25-15-6-9-27(10-7-15)34(32,33)28-12-21(22,23)13-28/h4-5,11,15-16,31H,2-3,6-10,12-13H2,1H3,(H,24,25,26)/t16-,20-/m1/s1. The third kappa shape index (κ3) is 4.18. The number of nitrogens with zero attached hydrogens (tertiary/aromatic N) is 5. The van der Waals surface area contributed by atoms with E-state index in [9.17, 15) is 27.1 Å². The number of halogens is 2. The van der Waals surface area contributed by atoms with E-state index in [4.69, 9.17) is 0 Å². The molecule has 3 fully saturated rings. The van der Waals surface area contributed by atoms with Crippen molar-refractivity contribution in [2.45, 2.75) is 62.6 Å². The number of hydrogen-bond acceptors (Lipinski definition) is 7. The van der Waals surface area contributed by atoms with E-state index >= 15 is 0 Å². The van der Waals surface area contributed by atoms with E-state index in [2.05, 4.69) is 15.3 Å². The molecule has 2 saturated heterocycles. The highest BCUT2D eigenvalue weighted by Crippen LogP contribution is 2.39. The first-order valence-electron chi connectivity index (χ1n) is 11.5. The Hall–Kier alpha value is -2.22. The van der Waals surface area contributed by atoms with Gasteiger partial charge in [0.2, 0.25) is 5.95 Å². The van der Waals surface area contributed by atoms with Crippen molar-refractivity contribution in [1.29, 1.82) is 0 Å². The lowest BCUT2D eigenvalue weighted by Crippen LogP contribution is -2.62. The van der Waals surface area contributed by atoms with Crippen molar-refractivity contribution in [3.8, 4) is 0 Å². The van der Waals surface area contributed by atoms with E-state index < -0.39 is 34.8 Å². The molecule has 4 heterocycles. The molecule has 0 unspecified atom stereocenters. The smallest absolute Gasteiger partial charge is 0.282 e. The third-order valence-electron chi connectivity index (χ3n) is 7.11. The maximum atomic E-state index is 13.1. The van der Waals surface area contributed by atoms with Gasteiger partial charge in [0.05, 0.1) is 24.7 Å². The summed E-state index contributed by atoms with van der Waals surface area (Å²) in [5, 5.41) is 14.7. The summed E-state index contributed by atoms with van der Waals surface area (Å²) in [4.78, 5) is 21.6. The SMILES string of the molecule is C[C@@]1(O)CCC[C@H]1n1c(=O)ccc2cnc(NC3CCN(S(=O)(=O)N4CC(F)(F)C4)CC3)nc21. The van der Waals surface area contributed by atoms with Crippen LogP contribution in [0.3, 0.4) is 0 Å². The summed E-state index contributed by atoms with van der Waals surface area (Å²) in [6, 6.07) is 2.62. The summed E-state index contributed by atoms with van der Waals surface area (Å²) in [7, 11) is -3.89. The number of hydrogen-bond donors (Lipinski definition) is 2. The molecular formula is C21H28F2N6O4S. The quantitative estimate of drug-likeness (QED) is 0.638. The Bertz CT molecular complexity index is 1250. The highest BCUT2D eigenvalue weighted by molar-refractivity contribution is 7.86. The van der Waals surface area contributed by atoms with Crippen LogP contribution in [0.5, 0.6) is 0 Å². The first-order chi connectivity index (χ1) is 16.0. The minimum atomic E-state index is -3.89. The van der Waals surface area contributed by atoms with Crippen molar-refractivity contribution in [3.63, 3.8) is 0 Å². The molecule has 3 aliphatic rings. The molecule has 2 aliphatic heterocycles. The third-order valence-corrected chi connectivity index (χ3v) is 9.04. The zero-order valence-corrected chi connectivity index (χ0v) is 19.6. The molecular weight excluding hydrogens is 470 g/mol. The van der Waals surface area contributed by atoms with Crippen molar-refractivity contribution in [1.82, 2.24) is 23.1 Å². The molecule has 0 aromatic carbocycles. The number of nitrogens with one attached hydrogen (secondary N) is 1. The van der Waals surface area contributed by atoms with Crippen LogP contribution >= 0.6 is 0 Å². The first kappa shape index (κ1) is 23.5. The van der Waals surface area contributed by atoms with Crippen molar-refractivity contribution < 1.29 is 22.3 Å². The second-order valence-corrected chi connectivity index (χ2v) is 11.7. The van der Waals surface area contributed by atoms with Crippen molar-refractivity contribution >= 4 is 27.2 Å². The van der Waals surface area contributed by atoms with Gasteiger partial charge in [-0.2, -0.15) is 22.0 Å². The van der Waals surface area contributed by atoms with E-state index in [1.165, 1.54) is 10.4 Å². The Morgan fingerprint density at radius 3 is 2.47 bits per heavy atom. The number of alkyl halides is 2. The lowest BCUT2D eigenvalue weighted by molar-refractivity contribution is -0.0965. The fraction of sp³-hybridized carbons (Fsp3) is 0.667. The van der Waals surface area contributed by atoms with Gasteiger partial charge in [0.1, 0.15) is 5.65 Å². The number of aliphatic hydroxyl groups is 1. The number of anilines is 1. The maximum absolute atomic E-state index is 13.1. The maximum Gasteiger partial charge on any atom is 0.282 e. The average Bonchev–Trinajstić information content (AvgIpc) is 3.11. The molecule has 2 atom stereocenters. The number of piperidine rings is 1. The number of rotatable bonds is 5. The molecule has 0 amide bonds. The van der Waals surface area contributed by atoms with Crippen molar-refractivity contribution in [2.75, 3.05) is 31.5 Å². The van der Waals surface area contributed by atoms with Gasteiger partial charge in [-0.1, -0.05) is 0 Å². The zero-order valence-electron chi connectivity index (χ0n) is 18.8. The zero-order chi connectivity index (χ0) is 24.3. The monoisotopic (exact) mass is 498 g/mol. The van der Waals surface area contributed by atoms with Crippen LogP contribution in [-0.4, -0.2) is 80.4 Å². The Morgan fingerprint density at radius 2 is 1.85 bits per heavy atom. The molecule has 0 spiro atoms. The summed E-state index contributed by atoms with van der Waals surface area (Å²) in [6.45, 7) is 0.595. The Morgan fingerprint density at radius 1 is 1.15 bits per heavy atom. The minimum Gasteiger partial charge on any atom is -0.388 e. The molecule has 34 heavy (non-hydrogen) atoms. The molecule has 5 rings (SSSR count). The topological polar surface area (TPSA) is 121 Å². The van der Waals surface area contributed by atoms with Gasteiger partial charge in [-0.25, -0.2) is 13.8 Å². The summed E-state index contributed by atoms with van der Waals surface area (Å²) < 4.78 is 54.9. The predicted octanol–water partition coefficient (Wildman–Crippen LogP) is 1.34. The summed E-state index contributed by atoms with van der Waals surface area (Å²) in [5.74, 6) is -2.64. The lowest BCUT2D eigenvalue weighted by atomic mass is 10.00. The number of fused-ring (bicyclic) bond motifs is 1. The van der Waals surface area contributed by atoms with E-state index in [0.29, 0.717) is 42.7 Å². The fourth-order valence-electron chi connectivity index (χ4n) is 5.16. The van der Waals surface area contributed by atoms with Gasteiger partial charge in [-0.3, -0.25) is 9.36 Å². The molecule has 0 bridgehead atoms. The van der Waals surface area contributed by atoms with Gasteiger partial charge >= 0.3 is 0 Å². The van der Waals surface area contributed by atoms with E-state index in [-0.39, 0.29) is 30.7 Å². The molecule has 186 valence electrons. The molecule has 13 heteroatoms. The van der Waals surface area contributed by atoms with Crippen LogP contribution in [0.4, 0.5) is 14.7 Å². The molecule has 10 nitrogen and oxygen atoms in total. The lowest BCUT2D eigenvalue weighted by Gasteiger charge is -2.42. The minimum absolute atomic E-state index is 0.111. The van der Waals surface area contributed by atoms with E-state index in [1.807, 2.05) is 0 Å². The van der Waals surface area contributed by atoms with Gasteiger partial charge in [-0.05, 0) is 45.1 Å². The fourth-order valence-corrected chi connectivity index (χ4v) is 6.86. The Labute approximate surface area is 195 Å². The second kappa shape index (κ2) is 8.18. The predicted molar refractivity (Wildman–Crippen MR) is 121 cm³/mol. The van der Waals surface area contributed by atoms with Crippen LogP contribution in [0.1, 0.15) is 45.1 Å². The van der Waals surface area contributed by atoms with Crippen molar-refractivity contribution in [2.24, 2.45) is 0 Å². The normalized spacial score (nSPS) is 28.8. The van der Waals surface area contributed by atoms with Crippen LogP contribution < -0.4 is 10.9 Å². The molecule has 1 saturated carbocycles. The largest absolute Gasteiger partial charge is 0.388 e. The summed E-state index contributed by atoms with van der Waals surface area (Å²) >= 11 is 0. The Balaban J connectivity index is 1.31. The summed E-state index contributed by atoms with van der Waals surface area (Å²) in [5.41, 5.74) is -0.801. The van der Waals surface area contributed by atoms with Crippen LogP contribution in [0.2, 0.25) is 0 Å². The van der Waals surface area contributed by atoms with Gasteiger partial charge in [0.25, 0.3) is 21.7 Å². The van der Waals surface area contributed by atoms with Crippen LogP contribution in [0.15, 0.2) is 23.1 Å². The van der Waals surface area contributed by atoms with Crippen LogP contribution in [0, 0.1) is 0 Å². The van der Waals surface area contributed by atoms with Gasteiger partial charge in [0.15, 0.2) is 0 Å². The van der Waals surface area contributed by atoms with Crippen LogP contribution in [0.25, 0.3) is 11.0 Å². The van der Waals surface area contributed by atoms with E-state index in [1.54, 1.807) is 23.8 Å². The molecule has 1 aliphatic carbocycles.